The van der Waals surface area contributed by atoms with E-state index in [1.54, 1.807) is 46.8 Å². The zero-order valence-electron chi connectivity index (χ0n) is 21.9. The first-order chi connectivity index (χ1) is 19.5. The number of pyridine rings is 1. The molecule has 4 heterocycles. The van der Waals surface area contributed by atoms with Crippen LogP contribution in [0, 0.1) is 23.2 Å². The first kappa shape index (κ1) is 25.1. The number of anilines is 2. The minimum atomic E-state index is -0.413. The number of carbonyl (C=O) groups is 2. The van der Waals surface area contributed by atoms with E-state index in [2.05, 4.69) is 33.2 Å². The van der Waals surface area contributed by atoms with Crippen LogP contribution in [0.5, 0.6) is 0 Å². The maximum Gasteiger partial charge on any atom is 0.298 e. The van der Waals surface area contributed by atoms with Gasteiger partial charge < -0.3 is 16.0 Å². The molecule has 3 aromatic heterocycles. The van der Waals surface area contributed by atoms with Crippen LogP contribution in [0.1, 0.15) is 65.2 Å². The van der Waals surface area contributed by atoms with Crippen molar-refractivity contribution in [2.24, 2.45) is 0 Å². The number of carbonyl (C=O) groups excluding carboxylic acids is 2. The number of fused-ring (bicyclic) bond motifs is 1. The zero-order chi connectivity index (χ0) is 27.8. The van der Waals surface area contributed by atoms with Gasteiger partial charge in [-0.1, -0.05) is 12.0 Å². The molecule has 1 unspecified atom stereocenters. The molecule has 40 heavy (non-hydrogen) atoms. The predicted octanol–water partition coefficient (Wildman–Crippen LogP) is 3.71. The van der Waals surface area contributed by atoms with Gasteiger partial charge in [0.05, 0.1) is 28.4 Å². The Morgan fingerprint density at radius 2 is 1.90 bits per heavy atom. The molecule has 4 aromatic rings. The smallest absolute Gasteiger partial charge is 0.298 e. The van der Waals surface area contributed by atoms with E-state index in [9.17, 15) is 14.9 Å². The van der Waals surface area contributed by atoms with Gasteiger partial charge in [-0.15, -0.1) is 0 Å². The molecule has 1 aliphatic carbocycles. The van der Waals surface area contributed by atoms with E-state index in [1.807, 2.05) is 18.2 Å². The fourth-order valence-corrected chi connectivity index (χ4v) is 5.28. The van der Waals surface area contributed by atoms with Crippen molar-refractivity contribution in [3.05, 3.63) is 71.2 Å². The first-order valence-corrected chi connectivity index (χ1v) is 13.1. The number of nitriles is 1. The SMILES string of the molecule is CC#CC(=O)N1CCC(c2nc(-c3ccc(C(=O)Nc4cc(C5CC5)ccn4)c(C#N)c3)n3c(N)nccc23)C1. The van der Waals surface area contributed by atoms with Crippen LogP contribution < -0.4 is 11.1 Å². The second-order valence-corrected chi connectivity index (χ2v) is 10.0. The lowest BCUT2D eigenvalue weighted by Gasteiger charge is -2.12. The Morgan fingerprint density at radius 1 is 1.07 bits per heavy atom. The van der Waals surface area contributed by atoms with E-state index in [4.69, 9.17) is 10.7 Å². The first-order valence-electron chi connectivity index (χ1n) is 13.1. The molecule has 0 spiro atoms. The molecule has 1 saturated heterocycles. The third-order valence-corrected chi connectivity index (χ3v) is 7.42. The van der Waals surface area contributed by atoms with Gasteiger partial charge in [0.2, 0.25) is 5.95 Å². The number of aromatic nitrogens is 4. The van der Waals surface area contributed by atoms with Gasteiger partial charge in [0.25, 0.3) is 11.8 Å². The zero-order valence-corrected chi connectivity index (χ0v) is 21.9. The Bertz CT molecular complexity index is 1770. The number of hydrogen-bond donors (Lipinski definition) is 2. The van der Waals surface area contributed by atoms with E-state index in [0.717, 1.165) is 36.0 Å². The van der Waals surface area contributed by atoms with Crippen molar-refractivity contribution in [1.29, 1.82) is 5.26 Å². The molecule has 1 aliphatic heterocycles. The number of benzene rings is 1. The molecule has 2 fully saturated rings. The summed E-state index contributed by atoms with van der Waals surface area (Å²) in [5.41, 5.74) is 10.1. The van der Waals surface area contributed by atoms with E-state index in [1.165, 1.54) is 0 Å². The maximum absolute atomic E-state index is 13.1. The molecule has 1 aromatic carbocycles. The highest BCUT2D eigenvalue weighted by molar-refractivity contribution is 6.05. The summed E-state index contributed by atoms with van der Waals surface area (Å²) in [6.45, 7) is 2.73. The summed E-state index contributed by atoms with van der Waals surface area (Å²) in [6.07, 6.45) is 6.34. The summed E-state index contributed by atoms with van der Waals surface area (Å²) < 4.78 is 1.75. The van der Waals surface area contributed by atoms with Crippen molar-refractivity contribution >= 4 is 29.1 Å². The Labute approximate surface area is 230 Å². The molecule has 3 N–H and O–H groups in total. The van der Waals surface area contributed by atoms with Gasteiger partial charge in [0, 0.05) is 37.0 Å². The number of nitrogens with one attached hydrogen (secondary N) is 1. The standard InChI is InChI=1S/C30H26N8O2/c1-2-3-26(39)37-13-10-21(17-37)27-24-9-12-34-30(32)38(24)28(36-27)20-6-7-23(22(14-20)16-31)29(40)35-25-15-19(8-11-33-25)18-4-5-18/h6-9,11-12,14-15,18,21H,4-5,10,13,17H2,1H3,(H2,32,34)(H,33,35,40). The average molecular weight is 531 g/mol. The van der Waals surface area contributed by atoms with Crippen LogP contribution in [-0.2, 0) is 4.79 Å². The lowest BCUT2D eigenvalue weighted by molar-refractivity contribution is -0.124. The summed E-state index contributed by atoms with van der Waals surface area (Å²) in [5.74, 6) is 6.39. The lowest BCUT2D eigenvalue weighted by atomic mass is 10.0. The van der Waals surface area contributed by atoms with E-state index < -0.39 is 5.91 Å². The number of hydrogen-bond acceptors (Lipinski definition) is 7. The normalized spacial score (nSPS) is 16.3. The van der Waals surface area contributed by atoms with Gasteiger partial charge >= 0.3 is 0 Å². The van der Waals surface area contributed by atoms with Crippen LogP contribution in [-0.4, -0.2) is 49.2 Å². The molecule has 1 atom stereocenters. The van der Waals surface area contributed by atoms with Gasteiger partial charge in [-0.2, -0.15) is 5.26 Å². The van der Waals surface area contributed by atoms with Crippen molar-refractivity contribution in [3.8, 4) is 29.3 Å². The number of imidazole rings is 1. The maximum atomic E-state index is 13.1. The molecule has 0 bridgehead atoms. The van der Waals surface area contributed by atoms with Gasteiger partial charge in [-0.3, -0.25) is 14.0 Å². The van der Waals surface area contributed by atoms with Gasteiger partial charge in [-0.25, -0.2) is 15.0 Å². The molecule has 10 nitrogen and oxygen atoms in total. The van der Waals surface area contributed by atoms with Crippen molar-refractivity contribution < 1.29 is 9.59 Å². The van der Waals surface area contributed by atoms with E-state index in [-0.39, 0.29) is 28.9 Å². The fourth-order valence-electron chi connectivity index (χ4n) is 5.28. The lowest BCUT2D eigenvalue weighted by Crippen LogP contribution is -2.26. The Hall–Kier alpha value is -5.22. The quantitative estimate of drug-likeness (QED) is 0.375. The van der Waals surface area contributed by atoms with Crippen LogP contribution in [0.4, 0.5) is 11.8 Å². The molecular formula is C30H26N8O2. The summed E-state index contributed by atoms with van der Waals surface area (Å²) in [7, 11) is 0. The average Bonchev–Trinajstić information content (AvgIpc) is 3.57. The Balaban J connectivity index is 1.33. The number of amides is 2. The Morgan fingerprint density at radius 3 is 2.67 bits per heavy atom. The van der Waals surface area contributed by atoms with Crippen LogP contribution in [0.2, 0.25) is 0 Å². The molecule has 1 saturated carbocycles. The van der Waals surface area contributed by atoms with E-state index in [0.29, 0.717) is 36.2 Å². The molecule has 2 aliphatic rings. The molecule has 0 radical (unpaired) electrons. The van der Waals surface area contributed by atoms with Gasteiger partial charge in [0.1, 0.15) is 11.6 Å². The van der Waals surface area contributed by atoms with Crippen LogP contribution >= 0.6 is 0 Å². The molecule has 198 valence electrons. The van der Waals surface area contributed by atoms with Crippen molar-refractivity contribution in [3.63, 3.8) is 0 Å². The van der Waals surface area contributed by atoms with Crippen LogP contribution in [0.15, 0.2) is 48.8 Å². The predicted molar refractivity (Wildman–Crippen MR) is 149 cm³/mol. The summed E-state index contributed by atoms with van der Waals surface area (Å²) in [5, 5.41) is 12.8. The molecule has 6 rings (SSSR count). The summed E-state index contributed by atoms with van der Waals surface area (Å²) in [4.78, 5) is 40.6. The Kier molecular flexibility index (Phi) is 6.37. The fraction of sp³-hybridized carbons (Fsp3) is 0.267. The highest BCUT2D eigenvalue weighted by Crippen LogP contribution is 2.40. The number of nitrogens with zero attached hydrogens (tertiary/aromatic N) is 6. The number of nitrogen functional groups attached to an aromatic ring is 1. The van der Waals surface area contributed by atoms with Crippen molar-refractivity contribution in [2.75, 3.05) is 24.1 Å². The molecule has 2 amide bonds. The third kappa shape index (κ3) is 4.61. The highest BCUT2D eigenvalue weighted by atomic mass is 16.2. The third-order valence-electron chi connectivity index (χ3n) is 7.42. The summed E-state index contributed by atoms with van der Waals surface area (Å²) in [6, 6.07) is 12.8. The number of nitrogens with two attached hydrogens (primary N) is 1. The van der Waals surface area contributed by atoms with Crippen molar-refractivity contribution in [2.45, 2.75) is 38.0 Å². The van der Waals surface area contributed by atoms with Gasteiger partial charge in [-0.05, 0) is 73.9 Å². The molecular weight excluding hydrogens is 504 g/mol. The summed E-state index contributed by atoms with van der Waals surface area (Å²) >= 11 is 0. The monoisotopic (exact) mass is 530 g/mol. The highest BCUT2D eigenvalue weighted by Gasteiger charge is 2.31. The minimum absolute atomic E-state index is 0.00690. The topological polar surface area (TPSA) is 142 Å². The second-order valence-electron chi connectivity index (χ2n) is 10.0. The largest absolute Gasteiger partial charge is 0.369 e. The van der Waals surface area contributed by atoms with E-state index >= 15 is 0 Å². The second kappa shape index (κ2) is 10.2. The van der Waals surface area contributed by atoms with Crippen LogP contribution in [0.25, 0.3) is 16.9 Å². The van der Waals surface area contributed by atoms with Gasteiger partial charge in [0.15, 0.2) is 0 Å². The van der Waals surface area contributed by atoms with Crippen molar-refractivity contribution in [1.82, 2.24) is 24.3 Å². The number of rotatable bonds is 5. The molecule has 10 heteroatoms. The number of likely N-dealkylation sites (tertiary alicyclic amines) is 1. The van der Waals surface area contributed by atoms with Crippen LogP contribution in [0.3, 0.4) is 0 Å². The minimum Gasteiger partial charge on any atom is -0.369 e.